The summed E-state index contributed by atoms with van der Waals surface area (Å²) in [5.74, 6) is 0. The fraction of sp³-hybridized carbons (Fsp3) is 0.571. The molecule has 0 spiro atoms. The van der Waals surface area contributed by atoms with E-state index in [4.69, 9.17) is 5.73 Å². The van der Waals surface area contributed by atoms with Crippen molar-refractivity contribution in [3.05, 3.63) is 28.2 Å². The average molecular weight is 312 g/mol. The standard InChI is InChI=1S/C14H22BrN3/c1-11(2)18-7-5-17(6-8-18)10-12-3-4-13(15)14(16)9-12/h3-4,9,11H,5-8,10,16H2,1-2H3. The number of nitrogens with zero attached hydrogens (tertiary/aromatic N) is 2. The Bertz CT molecular complexity index is 398. The predicted molar refractivity (Wildman–Crippen MR) is 80.5 cm³/mol. The van der Waals surface area contributed by atoms with Gasteiger partial charge in [-0.25, -0.2) is 0 Å². The number of hydrogen-bond acceptors (Lipinski definition) is 3. The molecule has 18 heavy (non-hydrogen) atoms. The van der Waals surface area contributed by atoms with Crippen molar-refractivity contribution in [1.82, 2.24) is 9.80 Å². The predicted octanol–water partition coefficient (Wildman–Crippen LogP) is 2.56. The van der Waals surface area contributed by atoms with E-state index in [2.05, 4.69) is 51.7 Å². The highest BCUT2D eigenvalue weighted by Gasteiger charge is 2.18. The Morgan fingerprint density at radius 2 is 1.89 bits per heavy atom. The molecule has 0 atom stereocenters. The molecule has 0 radical (unpaired) electrons. The quantitative estimate of drug-likeness (QED) is 0.871. The van der Waals surface area contributed by atoms with E-state index < -0.39 is 0 Å². The van der Waals surface area contributed by atoms with Crippen molar-refractivity contribution in [3.63, 3.8) is 0 Å². The van der Waals surface area contributed by atoms with Crippen LogP contribution in [0.25, 0.3) is 0 Å². The van der Waals surface area contributed by atoms with Crippen LogP contribution in [0.1, 0.15) is 19.4 Å². The van der Waals surface area contributed by atoms with Crippen LogP contribution < -0.4 is 5.73 Å². The van der Waals surface area contributed by atoms with E-state index >= 15 is 0 Å². The zero-order valence-corrected chi connectivity index (χ0v) is 12.8. The van der Waals surface area contributed by atoms with Gasteiger partial charge in [0.05, 0.1) is 0 Å². The van der Waals surface area contributed by atoms with E-state index in [9.17, 15) is 0 Å². The Kier molecular flexibility index (Phi) is 4.65. The minimum atomic E-state index is 0.662. The molecule has 0 aromatic heterocycles. The first-order valence-corrected chi connectivity index (χ1v) is 7.36. The maximum Gasteiger partial charge on any atom is 0.0461 e. The van der Waals surface area contributed by atoms with E-state index in [-0.39, 0.29) is 0 Å². The minimum absolute atomic E-state index is 0.662. The van der Waals surface area contributed by atoms with Crippen LogP contribution in [-0.2, 0) is 6.54 Å². The van der Waals surface area contributed by atoms with Crippen molar-refractivity contribution < 1.29 is 0 Å². The number of nitrogen functional groups attached to an aromatic ring is 1. The van der Waals surface area contributed by atoms with Gasteiger partial charge in [-0.2, -0.15) is 0 Å². The number of anilines is 1. The molecule has 0 unspecified atom stereocenters. The highest BCUT2D eigenvalue weighted by molar-refractivity contribution is 9.10. The summed E-state index contributed by atoms with van der Waals surface area (Å²) in [6.07, 6.45) is 0. The topological polar surface area (TPSA) is 32.5 Å². The summed E-state index contributed by atoms with van der Waals surface area (Å²) in [6, 6.07) is 6.92. The molecule has 1 aromatic carbocycles. The molecular weight excluding hydrogens is 290 g/mol. The van der Waals surface area contributed by atoms with Crippen molar-refractivity contribution in [1.29, 1.82) is 0 Å². The van der Waals surface area contributed by atoms with Crippen LogP contribution in [0, 0.1) is 0 Å². The highest BCUT2D eigenvalue weighted by Crippen LogP contribution is 2.21. The van der Waals surface area contributed by atoms with E-state index in [1.165, 1.54) is 18.7 Å². The highest BCUT2D eigenvalue weighted by atomic mass is 79.9. The van der Waals surface area contributed by atoms with Gasteiger partial charge < -0.3 is 5.73 Å². The van der Waals surface area contributed by atoms with Crippen molar-refractivity contribution in [2.75, 3.05) is 31.9 Å². The van der Waals surface area contributed by atoms with Crippen molar-refractivity contribution in [3.8, 4) is 0 Å². The van der Waals surface area contributed by atoms with Gasteiger partial charge in [0, 0.05) is 48.9 Å². The second kappa shape index (κ2) is 6.04. The average Bonchev–Trinajstić information content (AvgIpc) is 2.34. The van der Waals surface area contributed by atoms with Crippen molar-refractivity contribution in [2.24, 2.45) is 0 Å². The second-order valence-electron chi connectivity index (χ2n) is 5.26. The van der Waals surface area contributed by atoms with Gasteiger partial charge in [0.15, 0.2) is 0 Å². The zero-order chi connectivity index (χ0) is 13.1. The third-order valence-electron chi connectivity index (χ3n) is 3.60. The summed E-state index contributed by atoms with van der Waals surface area (Å²) in [5.41, 5.74) is 8.04. The van der Waals surface area contributed by atoms with Crippen LogP contribution in [0.5, 0.6) is 0 Å². The molecule has 0 bridgehead atoms. The van der Waals surface area contributed by atoms with Gasteiger partial charge in [-0.15, -0.1) is 0 Å². The van der Waals surface area contributed by atoms with Crippen LogP contribution in [-0.4, -0.2) is 42.0 Å². The van der Waals surface area contributed by atoms with Gasteiger partial charge in [0.2, 0.25) is 0 Å². The first kappa shape index (κ1) is 13.8. The lowest BCUT2D eigenvalue weighted by Gasteiger charge is -2.37. The number of benzene rings is 1. The molecule has 1 aromatic rings. The Labute approximate surface area is 118 Å². The van der Waals surface area contributed by atoms with E-state index in [0.717, 1.165) is 29.8 Å². The lowest BCUT2D eigenvalue weighted by Crippen LogP contribution is -2.48. The molecule has 1 aliphatic heterocycles. The smallest absolute Gasteiger partial charge is 0.0461 e. The molecule has 0 saturated carbocycles. The van der Waals surface area contributed by atoms with Gasteiger partial charge in [-0.3, -0.25) is 9.80 Å². The molecule has 4 heteroatoms. The van der Waals surface area contributed by atoms with Gasteiger partial charge in [0.1, 0.15) is 0 Å². The number of piperazine rings is 1. The number of nitrogens with two attached hydrogens (primary N) is 1. The molecule has 1 saturated heterocycles. The molecule has 3 nitrogen and oxygen atoms in total. The summed E-state index contributed by atoms with van der Waals surface area (Å²) in [6.45, 7) is 10.2. The largest absolute Gasteiger partial charge is 0.398 e. The SMILES string of the molecule is CC(C)N1CCN(Cc2ccc(Br)c(N)c2)CC1. The normalized spacial score (nSPS) is 18.4. The van der Waals surface area contributed by atoms with Crippen LogP contribution in [0.2, 0.25) is 0 Å². The van der Waals surface area contributed by atoms with Gasteiger partial charge in [-0.05, 0) is 47.5 Å². The monoisotopic (exact) mass is 311 g/mol. The fourth-order valence-corrected chi connectivity index (χ4v) is 2.63. The molecule has 0 amide bonds. The minimum Gasteiger partial charge on any atom is -0.398 e. The van der Waals surface area contributed by atoms with Gasteiger partial charge in [0.25, 0.3) is 0 Å². The van der Waals surface area contributed by atoms with Crippen LogP contribution in [0.15, 0.2) is 22.7 Å². The van der Waals surface area contributed by atoms with Crippen LogP contribution in [0.3, 0.4) is 0 Å². The van der Waals surface area contributed by atoms with E-state index in [0.29, 0.717) is 6.04 Å². The van der Waals surface area contributed by atoms with Crippen molar-refractivity contribution in [2.45, 2.75) is 26.4 Å². The third kappa shape index (κ3) is 3.46. The number of rotatable bonds is 3. The molecule has 1 aliphatic rings. The van der Waals surface area contributed by atoms with Crippen LogP contribution in [0.4, 0.5) is 5.69 Å². The van der Waals surface area contributed by atoms with Crippen molar-refractivity contribution >= 4 is 21.6 Å². The Balaban J connectivity index is 1.89. The molecule has 2 rings (SSSR count). The Hall–Kier alpha value is -0.580. The first-order chi connectivity index (χ1) is 8.56. The Morgan fingerprint density at radius 3 is 2.44 bits per heavy atom. The third-order valence-corrected chi connectivity index (χ3v) is 4.33. The molecule has 0 aliphatic carbocycles. The summed E-state index contributed by atoms with van der Waals surface area (Å²) in [4.78, 5) is 5.04. The molecule has 1 fully saturated rings. The molecule has 2 N–H and O–H groups in total. The molecule has 100 valence electrons. The summed E-state index contributed by atoms with van der Waals surface area (Å²) >= 11 is 3.43. The maximum atomic E-state index is 5.91. The first-order valence-electron chi connectivity index (χ1n) is 6.56. The Morgan fingerprint density at radius 1 is 1.22 bits per heavy atom. The lowest BCUT2D eigenvalue weighted by atomic mass is 10.1. The maximum absolute atomic E-state index is 5.91. The summed E-state index contributed by atoms with van der Waals surface area (Å²) < 4.78 is 0.982. The van der Waals surface area contributed by atoms with E-state index in [1.807, 2.05) is 6.07 Å². The second-order valence-corrected chi connectivity index (χ2v) is 6.12. The lowest BCUT2D eigenvalue weighted by molar-refractivity contribution is 0.104. The van der Waals surface area contributed by atoms with Gasteiger partial charge in [-0.1, -0.05) is 6.07 Å². The number of hydrogen-bond donors (Lipinski definition) is 1. The molecular formula is C14H22BrN3. The zero-order valence-electron chi connectivity index (χ0n) is 11.2. The fourth-order valence-electron chi connectivity index (χ4n) is 2.39. The van der Waals surface area contributed by atoms with E-state index in [1.54, 1.807) is 0 Å². The summed E-state index contributed by atoms with van der Waals surface area (Å²) in [7, 11) is 0. The number of halogens is 1. The summed E-state index contributed by atoms with van der Waals surface area (Å²) in [5, 5.41) is 0. The molecule has 1 heterocycles. The van der Waals surface area contributed by atoms with Crippen LogP contribution >= 0.6 is 15.9 Å². The van der Waals surface area contributed by atoms with Gasteiger partial charge >= 0.3 is 0 Å².